The number of nitrogens with zero attached hydrogens (tertiary/aromatic N) is 1. The summed E-state index contributed by atoms with van der Waals surface area (Å²) in [4.78, 5) is 2.34. The molecule has 0 radical (unpaired) electrons. The Bertz CT molecular complexity index is 398. The lowest BCUT2D eigenvalue weighted by Gasteiger charge is -2.34. The van der Waals surface area contributed by atoms with Crippen LogP contribution in [0.5, 0.6) is 5.75 Å². The average Bonchev–Trinajstić information content (AvgIpc) is 2.32. The summed E-state index contributed by atoms with van der Waals surface area (Å²) < 4.78 is 5.69. The minimum atomic E-state index is 0.271. The fourth-order valence-corrected chi connectivity index (χ4v) is 3.10. The molecule has 1 saturated heterocycles. The maximum absolute atomic E-state index is 6.05. The Morgan fingerprint density at radius 1 is 1.32 bits per heavy atom. The highest BCUT2D eigenvalue weighted by Crippen LogP contribution is 2.32. The SMILES string of the molecule is CC1CC(N)CN(CCOc2c(Cl)cccc2Cl)C1. The van der Waals surface area contributed by atoms with Crippen LogP contribution in [-0.4, -0.2) is 37.2 Å². The summed E-state index contributed by atoms with van der Waals surface area (Å²) in [6.45, 7) is 5.66. The van der Waals surface area contributed by atoms with Crippen LogP contribution in [0.4, 0.5) is 0 Å². The number of halogens is 2. The summed E-state index contributed by atoms with van der Waals surface area (Å²) in [7, 11) is 0. The van der Waals surface area contributed by atoms with E-state index in [9.17, 15) is 0 Å². The largest absolute Gasteiger partial charge is 0.489 e. The van der Waals surface area contributed by atoms with Gasteiger partial charge in [-0.25, -0.2) is 0 Å². The van der Waals surface area contributed by atoms with Crippen molar-refractivity contribution >= 4 is 23.2 Å². The number of piperidine rings is 1. The molecule has 1 fully saturated rings. The number of ether oxygens (including phenoxy) is 1. The standard InChI is InChI=1S/C14H20Cl2N2O/c1-10-7-11(17)9-18(8-10)5-6-19-14-12(15)3-2-4-13(14)16/h2-4,10-11H,5-9,17H2,1H3. The van der Waals surface area contributed by atoms with Crippen molar-refractivity contribution in [3.8, 4) is 5.75 Å². The predicted octanol–water partition coefficient (Wildman–Crippen LogP) is 3.04. The monoisotopic (exact) mass is 302 g/mol. The Kier molecular flexibility index (Phi) is 5.34. The van der Waals surface area contributed by atoms with Gasteiger partial charge in [-0.05, 0) is 24.5 Å². The van der Waals surface area contributed by atoms with Gasteiger partial charge in [0.1, 0.15) is 6.61 Å². The van der Waals surface area contributed by atoms with E-state index in [4.69, 9.17) is 33.7 Å². The maximum atomic E-state index is 6.05. The Labute approximate surface area is 124 Å². The van der Waals surface area contributed by atoms with Crippen molar-refractivity contribution in [1.82, 2.24) is 4.90 Å². The molecule has 0 bridgehead atoms. The first-order valence-corrected chi connectivity index (χ1v) is 7.36. The molecule has 0 saturated carbocycles. The van der Waals surface area contributed by atoms with Gasteiger partial charge in [-0.2, -0.15) is 0 Å². The van der Waals surface area contributed by atoms with E-state index in [1.54, 1.807) is 12.1 Å². The highest BCUT2D eigenvalue weighted by molar-refractivity contribution is 6.37. The van der Waals surface area contributed by atoms with Crippen molar-refractivity contribution in [2.24, 2.45) is 11.7 Å². The highest BCUT2D eigenvalue weighted by atomic mass is 35.5. The fourth-order valence-electron chi connectivity index (χ4n) is 2.59. The molecule has 2 atom stereocenters. The Hall–Kier alpha value is -0.480. The second-order valence-corrected chi connectivity index (χ2v) is 6.07. The van der Waals surface area contributed by atoms with Crippen LogP contribution in [0.2, 0.25) is 10.0 Å². The zero-order valence-electron chi connectivity index (χ0n) is 11.1. The molecular weight excluding hydrogens is 283 g/mol. The van der Waals surface area contributed by atoms with Crippen LogP contribution < -0.4 is 10.5 Å². The number of benzene rings is 1. The van der Waals surface area contributed by atoms with Gasteiger partial charge in [-0.15, -0.1) is 0 Å². The summed E-state index contributed by atoms with van der Waals surface area (Å²) >= 11 is 12.1. The van der Waals surface area contributed by atoms with E-state index in [1.807, 2.05) is 6.07 Å². The number of para-hydroxylation sites is 1. The number of hydrogen-bond donors (Lipinski definition) is 1. The van der Waals surface area contributed by atoms with E-state index in [-0.39, 0.29) is 6.04 Å². The molecule has 2 unspecified atom stereocenters. The van der Waals surface area contributed by atoms with E-state index < -0.39 is 0 Å². The van der Waals surface area contributed by atoms with Gasteiger partial charge in [0, 0.05) is 25.7 Å². The lowest BCUT2D eigenvalue weighted by atomic mass is 9.97. The van der Waals surface area contributed by atoms with Gasteiger partial charge in [-0.1, -0.05) is 36.2 Å². The number of likely N-dealkylation sites (tertiary alicyclic amines) is 1. The lowest BCUT2D eigenvalue weighted by molar-refractivity contribution is 0.140. The van der Waals surface area contributed by atoms with Gasteiger partial charge in [0.05, 0.1) is 10.0 Å². The third-order valence-electron chi connectivity index (χ3n) is 3.34. The van der Waals surface area contributed by atoms with Crippen molar-refractivity contribution in [2.75, 3.05) is 26.2 Å². The van der Waals surface area contributed by atoms with E-state index >= 15 is 0 Å². The average molecular weight is 303 g/mol. The Morgan fingerprint density at radius 2 is 2.00 bits per heavy atom. The van der Waals surface area contributed by atoms with Gasteiger partial charge < -0.3 is 10.5 Å². The van der Waals surface area contributed by atoms with Crippen molar-refractivity contribution < 1.29 is 4.74 Å². The van der Waals surface area contributed by atoms with Crippen molar-refractivity contribution in [2.45, 2.75) is 19.4 Å². The number of nitrogens with two attached hydrogens (primary N) is 1. The predicted molar refractivity (Wildman–Crippen MR) is 80.2 cm³/mol. The molecule has 3 nitrogen and oxygen atoms in total. The van der Waals surface area contributed by atoms with Crippen LogP contribution in [0.15, 0.2) is 18.2 Å². The third kappa shape index (κ3) is 4.25. The molecule has 1 aliphatic heterocycles. The topological polar surface area (TPSA) is 38.5 Å². The van der Waals surface area contributed by atoms with Crippen LogP contribution in [0.1, 0.15) is 13.3 Å². The Morgan fingerprint density at radius 3 is 2.63 bits per heavy atom. The van der Waals surface area contributed by atoms with E-state index in [1.165, 1.54) is 0 Å². The van der Waals surface area contributed by atoms with Gasteiger partial charge in [-0.3, -0.25) is 4.90 Å². The van der Waals surface area contributed by atoms with Crippen LogP contribution in [0.25, 0.3) is 0 Å². The van der Waals surface area contributed by atoms with Gasteiger partial charge >= 0.3 is 0 Å². The fraction of sp³-hybridized carbons (Fsp3) is 0.571. The summed E-state index contributed by atoms with van der Waals surface area (Å²) in [5.41, 5.74) is 6.02. The van der Waals surface area contributed by atoms with Crippen molar-refractivity contribution in [3.05, 3.63) is 28.2 Å². The van der Waals surface area contributed by atoms with E-state index in [2.05, 4.69) is 11.8 Å². The highest BCUT2D eigenvalue weighted by Gasteiger charge is 2.21. The molecule has 0 amide bonds. The molecule has 1 aromatic rings. The van der Waals surface area contributed by atoms with Gasteiger partial charge in [0.15, 0.2) is 5.75 Å². The molecule has 0 aliphatic carbocycles. The zero-order chi connectivity index (χ0) is 13.8. The minimum absolute atomic E-state index is 0.271. The molecule has 19 heavy (non-hydrogen) atoms. The first-order chi connectivity index (χ1) is 9.06. The molecular formula is C14H20Cl2N2O. The number of rotatable bonds is 4. The third-order valence-corrected chi connectivity index (χ3v) is 3.94. The first kappa shape index (κ1) is 14.9. The normalized spacial score (nSPS) is 24.4. The lowest BCUT2D eigenvalue weighted by Crippen LogP contribution is -2.47. The maximum Gasteiger partial charge on any atom is 0.156 e. The van der Waals surface area contributed by atoms with Gasteiger partial charge in [0.25, 0.3) is 0 Å². The molecule has 0 aromatic heterocycles. The van der Waals surface area contributed by atoms with Crippen LogP contribution in [0, 0.1) is 5.92 Å². The van der Waals surface area contributed by atoms with E-state index in [0.29, 0.717) is 28.3 Å². The molecule has 106 valence electrons. The quantitative estimate of drug-likeness (QED) is 0.929. The molecule has 2 rings (SSSR count). The van der Waals surface area contributed by atoms with Crippen LogP contribution in [-0.2, 0) is 0 Å². The summed E-state index contributed by atoms with van der Waals surface area (Å²) in [6, 6.07) is 5.64. The second kappa shape index (κ2) is 6.80. The zero-order valence-corrected chi connectivity index (χ0v) is 12.6. The van der Waals surface area contributed by atoms with Crippen molar-refractivity contribution in [3.63, 3.8) is 0 Å². The van der Waals surface area contributed by atoms with Crippen LogP contribution >= 0.6 is 23.2 Å². The molecule has 5 heteroatoms. The summed E-state index contributed by atoms with van der Waals surface area (Å²) in [5.74, 6) is 1.22. The molecule has 1 aliphatic rings. The second-order valence-electron chi connectivity index (χ2n) is 5.26. The molecule has 0 spiro atoms. The summed E-state index contributed by atoms with van der Waals surface area (Å²) in [6.07, 6.45) is 1.10. The van der Waals surface area contributed by atoms with Gasteiger partial charge in [0.2, 0.25) is 0 Å². The molecule has 1 heterocycles. The van der Waals surface area contributed by atoms with Crippen LogP contribution in [0.3, 0.4) is 0 Å². The smallest absolute Gasteiger partial charge is 0.156 e. The van der Waals surface area contributed by atoms with Crippen molar-refractivity contribution in [1.29, 1.82) is 0 Å². The number of hydrogen-bond acceptors (Lipinski definition) is 3. The van der Waals surface area contributed by atoms with E-state index in [0.717, 1.165) is 26.1 Å². The first-order valence-electron chi connectivity index (χ1n) is 6.61. The molecule has 1 aromatic carbocycles. The Balaban J connectivity index is 1.83. The molecule has 2 N–H and O–H groups in total. The minimum Gasteiger partial charge on any atom is -0.489 e. The summed E-state index contributed by atoms with van der Waals surface area (Å²) in [5, 5.41) is 1.10.